The largest absolute Gasteiger partial charge is 0.346 e. The summed E-state index contributed by atoms with van der Waals surface area (Å²) in [6.07, 6.45) is 1.66. The van der Waals surface area contributed by atoms with Gasteiger partial charge in [0, 0.05) is 6.54 Å². The smallest absolute Gasteiger partial charge is 0.231 e. The first kappa shape index (κ1) is 14.5. The molecular weight excluding hydrogens is 278 g/mol. The van der Waals surface area contributed by atoms with Crippen molar-refractivity contribution in [1.82, 2.24) is 35.3 Å². The number of hydrogen-bond donors (Lipinski definition) is 2. The molecule has 1 amide bonds. The molecule has 0 bridgehead atoms. The molecule has 20 heavy (non-hydrogen) atoms. The van der Waals surface area contributed by atoms with E-state index in [1.807, 2.05) is 25.3 Å². The summed E-state index contributed by atoms with van der Waals surface area (Å²) in [6, 6.07) is -0.181. The minimum Gasteiger partial charge on any atom is -0.346 e. The Morgan fingerprint density at radius 1 is 1.60 bits per heavy atom. The number of thioether (sulfide) groups is 1. The highest BCUT2D eigenvalue weighted by Gasteiger charge is 2.15. The molecule has 0 saturated heterocycles. The lowest BCUT2D eigenvalue weighted by atomic mass is 10.3. The van der Waals surface area contributed by atoms with Gasteiger partial charge >= 0.3 is 0 Å². The van der Waals surface area contributed by atoms with Gasteiger partial charge in [-0.05, 0) is 20.8 Å². The summed E-state index contributed by atoms with van der Waals surface area (Å²) < 4.78 is 1.90. The Kier molecular flexibility index (Phi) is 4.72. The normalized spacial score (nSPS) is 12.3. The molecule has 0 spiro atoms. The molecule has 108 valence electrons. The number of aromatic amines is 1. The van der Waals surface area contributed by atoms with Crippen LogP contribution in [0.1, 0.15) is 31.5 Å². The number of carbonyl (C=O) groups is 1. The maximum absolute atomic E-state index is 11.9. The molecule has 9 heteroatoms. The second-order valence-corrected chi connectivity index (χ2v) is 5.20. The van der Waals surface area contributed by atoms with Crippen LogP contribution in [-0.4, -0.2) is 41.6 Å². The lowest BCUT2D eigenvalue weighted by Gasteiger charge is -2.13. The van der Waals surface area contributed by atoms with Gasteiger partial charge in [-0.2, -0.15) is 0 Å². The van der Waals surface area contributed by atoms with E-state index in [1.165, 1.54) is 11.8 Å². The Morgan fingerprint density at radius 2 is 2.40 bits per heavy atom. The maximum atomic E-state index is 11.9. The van der Waals surface area contributed by atoms with Crippen molar-refractivity contribution < 1.29 is 4.79 Å². The molecule has 2 aromatic rings. The van der Waals surface area contributed by atoms with Gasteiger partial charge < -0.3 is 9.88 Å². The SMILES string of the molecule is CCn1cnnc1[C@H](C)NC(=O)CSc1n[nH]c(C)n1. The predicted octanol–water partition coefficient (Wildman–Crippen LogP) is 0.694. The van der Waals surface area contributed by atoms with Crippen molar-refractivity contribution in [3.8, 4) is 0 Å². The van der Waals surface area contributed by atoms with Gasteiger partial charge in [0.25, 0.3) is 0 Å². The summed E-state index contributed by atoms with van der Waals surface area (Å²) >= 11 is 1.29. The number of aromatic nitrogens is 6. The molecule has 0 aliphatic carbocycles. The van der Waals surface area contributed by atoms with Crippen molar-refractivity contribution in [2.45, 2.75) is 38.5 Å². The Bertz CT molecular complexity index is 579. The van der Waals surface area contributed by atoms with Gasteiger partial charge in [-0.3, -0.25) is 9.89 Å². The lowest BCUT2D eigenvalue weighted by molar-refractivity contribution is -0.119. The highest BCUT2D eigenvalue weighted by Crippen LogP contribution is 2.13. The Labute approximate surface area is 120 Å². The molecule has 2 aromatic heterocycles. The van der Waals surface area contributed by atoms with Crippen LogP contribution in [0, 0.1) is 6.92 Å². The third-order valence-electron chi connectivity index (χ3n) is 2.66. The fourth-order valence-corrected chi connectivity index (χ4v) is 2.36. The van der Waals surface area contributed by atoms with E-state index in [9.17, 15) is 4.79 Å². The quantitative estimate of drug-likeness (QED) is 0.760. The van der Waals surface area contributed by atoms with Crippen LogP contribution in [0.4, 0.5) is 0 Å². The fraction of sp³-hybridized carbons (Fsp3) is 0.545. The van der Waals surface area contributed by atoms with Gasteiger partial charge in [0.2, 0.25) is 11.1 Å². The number of aryl methyl sites for hydroxylation is 2. The molecule has 0 unspecified atom stereocenters. The average molecular weight is 295 g/mol. The fourth-order valence-electron chi connectivity index (χ4n) is 1.71. The summed E-state index contributed by atoms with van der Waals surface area (Å²) in [5, 5.41) is 18.0. The second-order valence-electron chi connectivity index (χ2n) is 4.26. The molecular formula is C11H17N7OS. The number of hydrogen-bond acceptors (Lipinski definition) is 6. The van der Waals surface area contributed by atoms with Crippen molar-refractivity contribution in [1.29, 1.82) is 0 Å². The lowest BCUT2D eigenvalue weighted by Crippen LogP contribution is -2.30. The second kappa shape index (κ2) is 6.51. The minimum atomic E-state index is -0.181. The first-order chi connectivity index (χ1) is 9.60. The van der Waals surface area contributed by atoms with Crippen molar-refractivity contribution in [3.63, 3.8) is 0 Å². The van der Waals surface area contributed by atoms with Crippen molar-refractivity contribution in [2.75, 3.05) is 5.75 Å². The van der Waals surface area contributed by atoms with Crippen LogP contribution in [0.2, 0.25) is 0 Å². The number of rotatable bonds is 6. The molecule has 8 nitrogen and oxygen atoms in total. The van der Waals surface area contributed by atoms with Crippen molar-refractivity contribution in [2.24, 2.45) is 0 Å². The molecule has 2 heterocycles. The number of H-pyrrole nitrogens is 1. The number of nitrogens with one attached hydrogen (secondary N) is 2. The zero-order chi connectivity index (χ0) is 14.5. The van der Waals surface area contributed by atoms with Crippen LogP contribution in [-0.2, 0) is 11.3 Å². The van der Waals surface area contributed by atoms with Gasteiger partial charge in [0.15, 0.2) is 5.82 Å². The zero-order valence-electron chi connectivity index (χ0n) is 11.6. The van der Waals surface area contributed by atoms with E-state index in [4.69, 9.17) is 0 Å². The van der Waals surface area contributed by atoms with Crippen LogP contribution in [0.3, 0.4) is 0 Å². The van der Waals surface area contributed by atoms with E-state index in [0.717, 1.165) is 18.2 Å². The van der Waals surface area contributed by atoms with E-state index < -0.39 is 0 Å². The highest BCUT2D eigenvalue weighted by atomic mass is 32.2. The van der Waals surface area contributed by atoms with Gasteiger partial charge in [-0.25, -0.2) is 4.98 Å². The molecule has 2 N–H and O–H groups in total. The van der Waals surface area contributed by atoms with E-state index in [0.29, 0.717) is 5.16 Å². The number of nitrogens with zero attached hydrogens (tertiary/aromatic N) is 5. The average Bonchev–Trinajstić information content (AvgIpc) is 3.04. The summed E-state index contributed by atoms with van der Waals surface area (Å²) in [5.74, 6) is 1.66. The maximum Gasteiger partial charge on any atom is 0.231 e. The molecule has 0 aliphatic heterocycles. The molecule has 1 atom stereocenters. The van der Waals surface area contributed by atoms with Gasteiger partial charge in [0.1, 0.15) is 12.2 Å². The Morgan fingerprint density at radius 3 is 3.05 bits per heavy atom. The number of carbonyl (C=O) groups excluding carboxylic acids is 1. The highest BCUT2D eigenvalue weighted by molar-refractivity contribution is 7.99. The Balaban J connectivity index is 1.85. The van der Waals surface area contributed by atoms with E-state index in [2.05, 4.69) is 30.7 Å². The molecule has 0 saturated carbocycles. The van der Waals surface area contributed by atoms with Crippen LogP contribution in [0.5, 0.6) is 0 Å². The predicted molar refractivity (Wildman–Crippen MR) is 74.1 cm³/mol. The van der Waals surface area contributed by atoms with E-state index in [1.54, 1.807) is 6.33 Å². The molecule has 0 fully saturated rings. The molecule has 0 aliphatic rings. The first-order valence-electron chi connectivity index (χ1n) is 6.29. The minimum absolute atomic E-state index is 0.0874. The van der Waals surface area contributed by atoms with Crippen molar-refractivity contribution >= 4 is 17.7 Å². The van der Waals surface area contributed by atoms with Crippen molar-refractivity contribution in [3.05, 3.63) is 18.0 Å². The summed E-state index contributed by atoms with van der Waals surface area (Å²) in [6.45, 7) is 6.48. The van der Waals surface area contributed by atoms with Crippen LogP contribution in [0.25, 0.3) is 0 Å². The first-order valence-corrected chi connectivity index (χ1v) is 7.27. The third-order valence-corrected chi connectivity index (χ3v) is 3.51. The monoisotopic (exact) mass is 295 g/mol. The van der Waals surface area contributed by atoms with E-state index in [-0.39, 0.29) is 17.7 Å². The third kappa shape index (κ3) is 3.56. The van der Waals surface area contributed by atoms with E-state index >= 15 is 0 Å². The topological polar surface area (TPSA) is 101 Å². The van der Waals surface area contributed by atoms with Gasteiger partial charge in [-0.15, -0.1) is 15.3 Å². The van der Waals surface area contributed by atoms with Crippen LogP contribution in [0.15, 0.2) is 11.5 Å². The standard InChI is InChI=1S/C11H17N7OS/c1-4-18-6-12-16-10(18)7(2)13-9(19)5-20-11-14-8(3)15-17-11/h6-7H,4-5H2,1-3H3,(H,13,19)(H,14,15,17)/t7-/m0/s1. The summed E-state index contributed by atoms with van der Waals surface area (Å²) in [5.41, 5.74) is 0. The zero-order valence-corrected chi connectivity index (χ0v) is 12.4. The molecule has 2 rings (SSSR count). The van der Waals surface area contributed by atoms with Crippen LogP contribution >= 0.6 is 11.8 Å². The number of amides is 1. The van der Waals surface area contributed by atoms with Gasteiger partial charge in [0.05, 0.1) is 11.8 Å². The van der Waals surface area contributed by atoms with Crippen LogP contribution < -0.4 is 5.32 Å². The summed E-state index contributed by atoms with van der Waals surface area (Å²) in [7, 11) is 0. The van der Waals surface area contributed by atoms with Gasteiger partial charge in [-0.1, -0.05) is 11.8 Å². The summed E-state index contributed by atoms with van der Waals surface area (Å²) in [4.78, 5) is 16.0. The molecule has 0 aromatic carbocycles. The Hall–Kier alpha value is -1.90. The molecule has 0 radical (unpaired) electrons.